The third-order valence-electron chi connectivity index (χ3n) is 3.19. The monoisotopic (exact) mass is 360 g/mol. The second kappa shape index (κ2) is 9.61. The summed E-state index contributed by atoms with van der Waals surface area (Å²) in [7, 11) is -2.86. The highest BCUT2D eigenvalue weighted by Crippen LogP contribution is 2.25. The van der Waals surface area contributed by atoms with Crippen LogP contribution in [0.2, 0.25) is 6.04 Å². The molecular weight excluding hydrogens is 330 g/mol. The summed E-state index contributed by atoms with van der Waals surface area (Å²) in [5.41, 5.74) is 0.498. The Kier molecular flexibility index (Phi) is 8.49. The molecule has 0 aliphatic heterocycles. The molecule has 24 heavy (non-hydrogen) atoms. The smallest absolute Gasteiger partial charge is 0.371 e. The molecule has 0 aromatic heterocycles. The first-order valence-electron chi connectivity index (χ1n) is 8.61. The van der Waals surface area contributed by atoms with E-state index in [1.165, 1.54) is 12.1 Å². The Balaban J connectivity index is 2.82. The first-order chi connectivity index (χ1) is 11.1. The number of halogens is 2. The Hall–Kier alpha value is -0.823. The van der Waals surface area contributed by atoms with Crippen molar-refractivity contribution >= 4 is 8.80 Å². The topological polar surface area (TPSA) is 27.7 Å². The number of benzene rings is 1. The fourth-order valence-corrected chi connectivity index (χ4v) is 5.84. The molecule has 1 rings (SSSR count). The van der Waals surface area contributed by atoms with E-state index in [1.807, 2.05) is 41.5 Å². The predicted octanol–water partition coefficient (Wildman–Crippen LogP) is 5.11. The third-order valence-corrected chi connectivity index (χ3v) is 6.65. The SMILES string of the molecule is CC(C)O[Si](CCCc1ccc(F)cc1F)(OC(C)C)OC(C)C. The maximum atomic E-state index is 13.8. The van der Waals surface area contributed by atoms with E-state index < -0.39 is 20.4 Å². The molecule has 138 valence electrons. The molecule has 0 bridgehead atoms. The number of hydrogen-bond donors (Lipinski definition) is 0. The van der Waals surface area contributed by atoms with E-state index in [-0.39, 0.29) is 18.3 Å². The van der Waals surface area contributed by atoms with E-state index in [4.69, 9.17) is 13.3 Å². The minimum atomic E-state index is -2.86. The van der Waals surface area contributed by atoms with Crippen LogP contribution >= 0.6 is 0 Å². The molecule has 0 aliphatic carbocycles. The van der Waals surface area contributed by atoms with Gasteiger partial charge in [-0.2, -0.15) is 0 Å². The van der Waals surface area contributed by atoms with Crippen LogP contribution in [0.5, 0.6) is 0 Å². The van der Waals surface area contributed by atoms with Crippen molar-refractivity contribution in [2.75, 3.05) is 0 Å². The standard InChI is InChI=1S/C18H30F2O3Si/c1-13(2)21-24(22-14(3)4,23-15(5)6)11-7-8-16-9-10-17(19)12-18(16)20/h9-10,12-15H,7-8,11H2,1-6H3. The molecule has 0 aliphatic rings. The van der Waals surface area contributed by atoms with Crippen molar-refractivity contribution in [2.24, 2.45) is 0 Å². The normalized spacial score (nSPS) is 12.6. The molecule has 1 aromatic carbocycles. The molecular formula is C18H30F2O3Si. The summed E-state index contributed by atoms with van der Waals surface area (Å²) in [6, 6.07) is 4.28. The summed E-state index contributed by atoms with van der Waals surface area (Å²) in [6.07, 6.45) is 1.09. The fourth-order valence-electron chi connectivity index (χ4n) is 2.56. The van der Waals surface area contributed by atoms with E-state index in [1.54, 1.807) is 0 Å². The minimum absolute atomic E-state index is 0.0169. The van der Waals surface area contributed by atoms with Crippen LogP contribution in [0.1, 0.15) is 53.5 Å². The lowest BCUT2D eigenvalue weighted by molar-refractivity contribution is 0.00290. The van der Waals surface area contributed by atoms with Gasteiger partial charge < -0.3 is 13.3 Å². The molecule has 1 aromatic rings. The van der Waals surface area contributed by atoms with Gasteiger partial charge >= 0.3 is 8.80 Å². The van der Waals surface area contributed by atoms with Gasteiger partial charge in [0.15, 0.2) is 0 Å². The second-order valence-corrected chi connectivity index (χ2v) is 9.35. The molecule has 0 radical (unpaired) electrons. The van der Waals surface area contributed by atoms with E-state index in [0.717, 1.165) is 6.07 Å². The maximum Gasteiger partial charge on any atom is 0.501 e. The van der Waals surface area contributed by atoms with Crippen LogP contribution < -0.4 is 0 Å². The molecule has 3 nitrogen and oxygen atoms in total. The lowest BCUT2D eigenvalue weighted by Crippen LogP contribution is -2.50. The first-order valence-corrected chi connectivity index (χ1v) is 10.5. The molecule has 0 heterocycles. The van der Waals surface area contributed by atoms with E-state index in [2.05, 4.69) is 0 Å². The van der Waals surface area contributed by atoms with Crippen molar-refractivity contribution in [3.05, 3.63) is 35.4 Å². The van der Waals surface area contributed by atoms with Gasteiger partial charge in [0.2, 0.25) is 0 Å². The Morgan fingerprint density at radius 2 is 1.38 bits per heavy atom. The highest BCUT2D eigenvalue weighted by atomic mass is 28.4. The summed E-state index contributed by atoms with van der Waals surface area (Å²) in [4.78, 5) is 0. The summed E-state index contributed by atoms with van der Waals surface area (Å²) in [5.74, 6) is -1.07. The Bertz CT molecular complexity index is 481. The molecule has 0 saturated heterocycles. The quantitative estimate of drug-likeness (QED) is 0.543. The predicted molar refractivity (Wildman–Crippen MR) is 93.9 cm³/mol. The van der Waals surface area contributed by atoms with E-state index in [9.17, 15) is 8.78 Å². The number of hydrogen-bond acceptors (Lipinski definition) is 3. The summed E-state index contributed by atoms with van der Waals surface area (Å²) in [6.45, 7) is 11.7. The van der Waals surface area contributed by atoms with Crippen LogP contribution in [0, 0.1) is 11.6 Å². The van der Waals surface area contributed by atoms with Crippen LogP contribution in [0.3, 0.4) is 0 Å². The van der Waals surface area contributed by atoms with Crippen molar-refractivity contribution < 1.29 is 22.1 Å². The molecule has 0 N–H and O–H groups in total. The summed E-state index contributed by atoms with van der Waals surface area (Å²) >= 11 is 0. The third kappa shape index (κ3) is 7.38. The average Bonchev–Trinajstić information content (AvgIpc) is 2.38. The van der Waals surface area contributed by atoms with Crippen LogP contribution in [-0.4, -0.2) is 27.1 Å². The van der Waals surface area contributed by atoms with Crippen molar-refractivity contribution in [3.8, 4) is 0 Å². The van der Waals surface area contributed by atoms with Crippen LogP contribution in [-0.2, 0) is 19.7 Å². The Morgan fingerprint density at radius 3 is 1.79 bits per heavy atom. The highest BCUT2D eigenvalue weighted by molar-refractivity contribution is 6.60. The zero-order chi connectivity index (χ0) is 18.3. The van der Waals surface area contributed by atoms with Crippen molar-refractivity contribution in [3.63, 3.8) is 0 Å². The lowest BCUT2D eigenvalue weighted by Gasteiger charge is -2.34. The molecule has 0 amide bonds. The molecule has 6 heteroatoms. The van der Waals surface area contributed by atoms with Gasteiger partial charge in [0.25, 0.3) is 0 Å². The molecule has 0 spiro atoms. The molecule has 0 saturated carbocycles. The first kappa shape index (κ1) is 21.2. The van der Waals surface area contributed by atoms with Crippen molar-refractivity contribution in [2.45, 2.75) is 78.7 Å². The molecule has 0 fully saturated rings. The summed E-state index contributed by atoms with van der Waals surface area (Å²) in [5, 5.41) is 0. The zero-order valence-electron chi connectivity index (χ0n) is 15.6. The van der Waals surface area contributed by atoms with Gasteiger partial charge in [0.05, 0.1) is 0 Å². The van der Waals surface area contributed by atoms with E-state index >= 15 is 0 Å². The highest BCUT2D eigenvalue weighted by Gasteiger charge is 2.43. The lowest BCUT2D eigenvalue weighted by atomic mass is 10.1. The van der Waals surface area contributed by atoms with Gasteiger partial charge in [0, 0.05) is 30.4 Å². The van der Waals surface area contributed by atoms with Gasteiger partial charge in [-0.15, -0.1) is 0 Å². The van der Waals surface area contributed by atoms with Crippen LogP contribution in [0.25, 0.3) is 0 Å². The van der Waals surface area contributed by atoms with Crippen molar-refractivity contribution in [1.29, 1.82) is 0 Å². The number of rotatable bonds is 10. The zero-order valence-corrected chi connectivity index (χ0v) is 16.6. The van der Waals surface area contributed by atoms with E-state index in [0.29, 0.717) is 24.4 Å². The maximum absolute atomic E-state index is 13.8. The van der Waals surface area contributed by atoms with Gasteiger partial charge in [-0.3, -0.25) is 0 Å². The minimum Gasteiger partial charge on any atom is -0.371 e. The molecule has 0 atom stereocenters. The van der Waals surface area contributed by atoms with Crippen molar-refractivity contribution in [1.82, 2.24) is 0 Å². The Morgan fingerprint density at radius 1 is 0.875 bits per heavy atom. The van der Waals surface area contributed by atoms with Gasteiger partial charge in [-0.05, 0) is 66.0 Å². The summed E-state index contributed by atoms with van der Waals surface area (Å²) < 4.78 is 45.0. The van der Waals surface area contributed by atoms with Crippen LogP contribution in [0.15, 0.2) is 18.2 Å². The largest absolute Gasteiger partial charge is 0.501 e. The second-order valence-electron chi connectivity index (χ2n) is 6.77. The van der Waals surface area contributed by atoms with Gasteiger partial charge in [-0.1, -0.05) is 6.07 Å². The van der Waals surface area contributed by atoms with Gasteiger partial charge in [0.1, 0.15) is 11.6 Å². The Labute approximate surface area is 145 Å². The molecule has 0 unspecified atom stereocenters. The fraction of sp³-hybridized carbons (Fsp3) is 0.667. The van der Waals surface area contributed by atoms with Crippen LogP contribution in [0.4, 0.5) is 8.78 Å². The average molecular weight is 361 g/mol. The van der Waals surface area contributed by atoms with Gasteiger partial charge in [-0.25, -0.2) is 8.78 Å². The number of aryl methyl sites for hydroxylation is 1.